The first-order chi connectivity index (χ1) is 18.9. The number of amides is 2. The topological polar surface area (TPSA) is 155 Å². The number of carbonyl (C=O) groups is 3. The van der Waals surface area contributed by atoms with E-state index in [1.54, 1.807) is 24.3 Å². The molecule has 216 valence electrons. The Morgan fingerprint density at radius 2 is 1.28 bits per heavy atom. The number of hydrogen-bond donors (Lipinski definition) is 3. The van der Waals surface area contributed by atoms with Crippen LogP contribution in [0.3, 0.4) is 0 Å². The summed E-state index contributed by atoms with van der Waals surface area (Å²) < 4.78 is 26.7. The molecule has 0 unspecified atom stereocenters. The molecule has 0 spiro atoms. The van der Waals surface area contributed by atoms with Gasteiger partial charge in [-0.15, -0.1) is 11.3 Å². The molecular formula is C26H37N3O9S. The summed E-state index contributed by atoms with van der Waals surface area (Å²) in [5, 5.41) is 14.5. The van der Waals surface area contributed by atoms with Crippen LogP contribution in [0, 0.1) is 13.8 Å². The van der Waals surface area contributed by atoms with E-state index in [1.807, 2.05) is 13.8 Å². The van der Waals surface area contributed by atoms with Gasteiger partial charge in [0.2, 0.25) is 5.91 Å². The molecule has 1 aromatic heterocycles. The summed E-state index contributed by atoms with van der Waals surface area (Å²) in [5.74, 6) is -1.50. The predicted octanol–water partition coefficient (Wildman–Crippen LogP) is 2.90. The van der Waals surface area contributed by atoms with Crippen LogP contribution in [0.5, 0.6) is 0 Å². The first-order valence-corrected chi connectivity index (χ1v) is 13.4. The molecule has 0 aliphatic carbocycles. The van der Waals surface area contributed by atoms with E-state index in [9.17, 15) is 14.4 Å². The van der Waals surface area contributed by atoms with Crippen LogP contribution >= 0.6 is 11.3 Å². The third-order valence-corrected chi connectivity index (χ3v) is 6.10. The Morgan fingerprint density at radius 1 is 0.769 bits per heavy atom. The van der Waals surface area contributed by atoms with Gasteiger partial charge in [0.25, 0.3) is 5.91 Å². The molecular weight excluding hydrogens is 530 g/mol. The second kappa shape index (κ2) is 19.2. The van der Waals surface area contributed by atoms with Gasteiger partial charge in [0.05, 0.1) is 95.9 Å². The number of para-hydroxylation sites is 1. The van der Waals surface area contributed by atoms with E-state index < -0.39 is 5.97 Å². The molecule has 0 atom stereocenters. The van der Waals surface area contributed by atoms with Gasteiger partial charge in [0.1, 0.15) is 0 Å². The van der Waals surface area contributed by atoms with Crippen molar-refractivity contribution in [3.8, 4) is 0 Å². The minimum atomic E-state index is -0.889. The minimum Gasteiger partial charge on any atom is -0.481 e. The van der Waals surface area contributed by atoms with Crippen molar-refractivity contribution in [2.75, 3.05) is 76.7 Å². The molecule has 2 aromatic rings. The monoisotopic (exact) mass is 567 g/mol. The van der Waals surface area contributed by atoms with Gasteiger partial charge in [-0.2, -0.15) is 0 Å². The van der Waals surface area contributed by atoms with Crippen LogP contribution in [-0.2, 0) is 33.3 Å². The number of ether oxygens (including phenoxy) is 5. The van der Waals surface area contributed by atoms with Crippen molar-refractivity contribution in [3.63, 3.8) is 0 Å². The quantitative estimate of drug-likeness (QED) is 0.192. The highest BCUT2D eigenvalue weighted by atomic mass is 32.1. The highest BCUT2D eigenvalue weighted by Gasteiger charge is 2.15. The summed E-state index contributed by atoms with van der Waals surface area (Å²) in [6.45, 7) is 7.28. The zero-order valence-corrected chi connectivity index (χ0v) is 23.2. The molecule has 12 nitrogen and oxygen atoms in total. The Hall–Kier alpha value is -2.94. The number of thiazole rings is 1. The van der Waals surface area contributed by atoms with Gasteiger partial charge in [-0.05, 0) is 26.0 Å². The Bertz CT molecular complexity index is 1010. The summed E-state index contributed by atoms with van der Waals surface area (Å²) in [5.41, 5.74) is 1.64. The number of aryl methyl sites for hydroxylation is 2. The van der Waals surface area contributed by atoms with Gasteiger partial charge < -0.3 is 34.1 Å². The van der Waals surface area contributed by atoms with Crippen molar-refractivity contribution in [2.24, 2.45) is 0 Å². The summed E-state index contributed by atoms with van der Waals surface area (Å²) in [4.78, 5) is 40.7. The second-order valence-electron chi connectivity index (χ2n) is 8.16. The standard InChI is InChI=1S/C26H37N3O9S/c1-19-20(2)39-26(27-19)29-25(33)21-5-3-4-6-22(21)28-23(30)7-9-34-11-13-36-15-17-38-18-16-37-14-12-35-10-8-24(31)32/h3-6H,7-18H2,1-2H3,(H,28,30)(H,31,32)(H,27,29,33). The Labute approximate surface area is 231 Å². The highest BCUT2D eigenvalue weighted by Crippen LogP contribution is 2.23. The Balaban J connectivity index is 1.47. The van der Waals surface area contributed by atoms with E-state index in [2.05, 4.69) is 15.6 Å². The average Bonchev–Trinajstić information content (AvgIpc) is 3.22. The van der Waals surface area contributed by atoms with Crippen LogP contribution in [0.15, 0.2) is 24.3 Å². The van der Waals surface area contributed by atoms with Crippen molar-refractivity contribution < 1.29 is 43.2 Å². The number of carboxylic acids is 1. The SMILES string of the molecule is Cc1nc(NC(=O)c2ccccc2NC(=O)CCOCCOCCOCCOCCOCCC(=O)O)sc1C. The van der Waals surface area contributed by atoms with Crippen molar-refractivity contribution in [2.45, 2.75) is 26.7 Å². The maximum absolute atomic E-state index is 12.7. The number of hydrogen-bond acceptors (Lipinski definition) is 10. The van der Waals surface area contributed by atoms with Crippen LogP contribution in [0.1, 0.15) is 33.8 Å². The largest absolute Gasteiger partial charge is 0.481 e. The number of aromatic nitrogens is 1. The van der Waals surface area contributed by atoms with E-state index in [0.717, 1.165) is 10.6 Å². The number of nitrogens with zero attached hydrogens (tertiary/aromatic N) is 1. The van der Waals surface area contributed by atoms with Crippen molar-refractivity contribution in [3.05, 3.63) is 40.4 Å². The van der Waals surface area contributed by atoms with E-state index in [-0.39, 0.29) is 37.9 Å². The van der Waals surface area contributed by atoms with E-state index in [1.165, 1.54) is 11.3 Å². The number of anilines is 2. The number of aliphatic carboxylic acids is 1. The summed E-state index contributed by atoms with van der Waals surface area (Å²) in [6, 6.07) is 6.80. The molecule has 3 N–H and O–H groups in total. The molecule has 0 radical (unpaired) electrons. The molecule has 2 rings (SSSR count). The predicted molar refractivity (Wildman–Crippen MR) is 146 cm³/mol. The fourth-order valence-corrected chi connectivity index (χ4v) is 3.81. The molecule has 0 aliphatic heterocycles. The number of benzene rings is 1. The normalized spacial score (nSPS) is 10.9. The van der Waals surface area contributed by atoms with E-state index in [4.69, 9.17) is 28.8 Å². The zero-order valence-electron chi connectivity index (χ0n) is 22.4. The van der Waals surface area contributed by atoms with Gasteiger partial charge >= 0.3 is 5.97 Å². The molecule has 2 amide bonds. The van der Waals surface area contributed by atoms with Crippen LogP contribution in [0.2, 0.25) is 0 Å². The lowest BCUT2D eigenvalue weighted by atomic mass is 10.1. The van der Waals surface area contributed by atoms with Crippen LogP contribution in [0.25, 0.3) is 0 Å². The zero-order chi connectivity index (χ0) is 28.3. The smallest absolute Gasteiger partial charge is 0.305 e. The Kier molecular flexibility index (Phi) is 15.9. The maximum Gasteiger partial charge on any atom is 0.305 e. The lowest BCUT2D eigenvalue weighted by Crippen LogP contribution is -2.19. The molecule has 0 aliphatic rings. The third-order valence-electron chi connectivity index (χ3n) is 5.12. The minimum absolute atomic E-state index is 0.0192. The Morgan fingerprint density at radius 3 is 1.79 bits per heavy atom. The molecule has 39 heavy (non-hydrogen) atoms. The fraction of sp³-hybridized carbons (Fsp3) is 0.538. The van der Waals surface area contributed by atoms with Crippen molar-refractivity contribution in [1.29, 1.82) is 0 Å². The summed E-state index contributed by atoms with van der Waals surface area (Å²) >= 11 is 1.40. The third kappa shape index (κ3) is 14.1. The maximum atomic E-state index is 12.7. The molecule has 13 heteroatoms. The lowest BCUT2D eigenvalue weighted by Gasteiger charge is -2.11. The van der Waals surface area contributed by atoms with E-state index >= 15 is 0 Å². The van der Waals surface area contributed by atoms with Gasteiger partial charge in [0.15, 0.2) is 5.13 Å². The van der Waals surface area contributed by atoms with Crippen LogP contribution < -0.4 is 10.6 Å². The van der Waals surface area contributed by atoms with Gasteiger partial charge in [-0.3, -0.25) is 19.7 Å². The number of carbonyl (C=O) groups excluding carboxylic acids is 2. The van der Waals surface area contributed by atoms with Gasteiger partial charge in [-0.25, -0.2) is 4.98 Å². The second-order valence-corrected chi connectivity index (χ2v) is 9.37. The number of carboxylic acid groups (broad SMARTS) is 1. The van der Waals surface area contributed by atoms with Crippen molar-refractivity contribution in [1.82, 2.24) is 4.98 Å². The molecule has 1 heterocycles. The van der Waals surface area contributed by atoms with Crippen LogP contribution in [-0.4, -0.2) is 93.9 Å². The molecule has 0 bridgehead atoms. The molecule has 0 fully saturated rings. The van der Waals surface area contributed by atoms with Gasteiger partial charge in [-0.1, -0.05) is 12.1 Å². The average molecular weight is 568 g/mol. The first kappa shape index (κ1) is 32.3. The van der Waals surface area contributed by atoms with Crippen molar-refractivity contribution >= 4 is 39.9 Å². The lowest BCUT2D eigenvalue weighted by molar-refractivity contribution is -0.138. The number of rotatable bonds is 21. The summed E-state index contributed by atoms with van der Waals surface area (Å²) in [7, 11) is 0. The van der Waals surface area contributed by atoms with Gasteiger partial charge in [0, 0.05) is 4.88 Å². The summed E-state index contributed by atoms with van der Waals surface area (Å²) in [6.07, 6.45) is 0.114. The first-order valence-electron chi connectivity index (χ1n) is 12.6. The van der Waals surface area contributed by atoms with Crippen LogP contribution in [0.4, 0.5) is 10.8 Å². The number of nitrogens with one attached hydrogen (secondary N) is 2. The molecule has 0 saturated heterocycles. The van der Waals surface area contributed by atoms with E-state index in [0.29, 0.717) is 69.2 Å². The fourth-order valence-electron chi connectivity index (χ4n) is 3.00. The highest BCUT2D eigenvalue weighted by molar-refractivity contribution is 7.15. The molecule has 0 saturated carbocycles. The molecule has 1 aromatic carbocycles.